The van der Waals surface area contributed by atoms with E-state index in [0.717, 1.165) is 18.0 Å². The van der Waals surface area contributed by atoms with Crippen LogP contribution in [0, 0.1) is 0 Å². The van der Waals surface area contributed by atoms with E-state index in [1.807, 2.05) is 4.90 Å². The van der Waals surface area contributed by atoms with Crippen molar-refractivity contribution in [2.24, 2.45) is 0 Å². The number of hydrogen-bond donors (Lipinski definition) is 1. The van der Waals surface area contributed by atoms with E-state index in [9.17, 15) is 18.0 Å². The molecule has 0 bridgehead atoms. The molecule has 138 valence electrons. The Bertz CT molecular complexity index is 777. The van der Waals surface area contributed by atoms with Gasteiger partial charge in [0.1, 0.15) is 12.1 Å². The van der Waals surface area contributed by atoms with E-state index in [1.54, 1.807) is 6.07 Å². The molecule has 0 saturated carbocycles. The van der Waals surface area contributed by atoms with Crippen LogP contribution in [0.4, 0.5) is 19.0 Å². The maximum Gasteiger partial charge on any atom is 0.416 e. The van der Waals surface area contributed by atoms with E-state index in [2.05, 4.69) is 15.3 Å². The van der Waals surface area contributed by atoms with Crippen molar-refractivity contribution in [1.29, 1.82) is 0 Å². The number of anilines is 1. The zero-order valence-electron chi connectivity index (χ0n) is 13.8. The smallest absolute Gasteiger partial charge is 0.378 e. The average Bonchev–Trinajstić information content (AvgIpc) is 2.66. The van der Waals surface area contributed by atoms with Crippen LogP contribution in [0.1, 0.15) is 21.6 Å². The average molecular weight is 366 g/mol. The normalized spacial score (nSPS) is 15.0. The van der Waals surface area contributed by atoms with E-state index in [4.69, 9.17) is 4.74 Å². The Morgan fingerprint density at radius 2 is 1.96 bits per heavy atom. The number of benzene rings is 1. The van der Waals surface area contributed by atoms with Gasteiger partial charge >= 0.3 is 6.18 Å². The standard InChI is InChI=1S/C17H17F3N4O2/c18-17(19,20)13-3-1-2-12(8-13)16(25)21-10-14-9-15(23-11-22-14)24-4-6-26-7-5-24/h1-3,8-9,11H,4-7,10H2,(H,21,25). The van der Waals surface area contributed by atoms with Crippen LogP contribution in [-0.2, 0) is 17.5 Å². The minimum atomic E-state index is -4.49. The van der Waals surface area contributed by atoms with Gasteiger partial charge in [-0.3, -0.25) is 4.79 Å². The summed E-state index contributed by atoms with van der Waals surface area (Å²) in [5.41, 5.74) is -0.342. The van der Waals surface area contributed by atoms with Crippen LogP contribution in [0.5, 0.6) is 0 Å². The van der Waals surface area contributed by atoms with E-state index in [-0.39, 0.29) is 12.1 Å². The third kappa shape index (κ3) is 4.48. The van der Waals surface area contributed by atoms with Gasteiger partial charge in [0.15, 0.2) is 0 Å². The molecule has 26 heavy (non-hydrogen) atoms. The SMILES string of the molecule is O=C(NCc1cc(N2CCOCC2)ncn1)c1cccc(C(F)(F)F)c1. The first kappa shape index (κ1) is 18.1. The van der Waals surface area contributed by atoms with Gasteiger partial charge in [-0.2, -0.15) is 13.2 Å². The summed E-state index contributed by atoms with van der Waals surface area (Å²) in [5, 5.41) is 2.58. The zero-order chi connectivity index (χ0) is 18.6. The molecule has 2 heterocycles. The molecule has 1 aromatic heterocycles. The molecule has 0 radical (unpaired) electrons. The summed E-state index contributed by atoms with van der Waals surface area (Å²) >= 11 is 0. The van der Waals surface area contributed by atoms with Crippen LogP contribution < -0.4 is 10.2 Å². The number of carbonyl (C=O) groups excluding carboxylic acids is 1. The summed E-state index contributed by atoms with van der Waals surface area (Å²) < 4.78 is 43.5. The lowest BCUT2D eigenvalue weighted by Crippen LogP contribution is -2.37. The van der Waals surface area contributed by atoms with Crippen LogP contribution in [0.15, 0.2) is 36.7 Å². The third-order valence-electron chi connectivity index (χ3n) is 3.93. The van der Waals surface area contributed by atoms with Crippen molar-refractivity contribution in [3.63, 3.8) is 0 Å². The van der Waals surface area contributed by atoms with Crippen LogP contribution >= 0.6 is 0 Å². The minimum Gasteiger partial charge on any atom is -0.378 e. The fourth-order valence-corrected chi connectivity index (χ4v) is 2.56. The number of hydrogen-bond acceptors (Lipinski definition) is 5. The molecule has 0 unspecified atom stereocenters. The lowest BCUT2D eigenvalue weighted by Gasteiger charge is -2.27. The van der Waals surface area contributed by atoms with Gasteiger partial charge < -0.3 is 15.0 Å². The Labute approximate surface area is 148 Å². The largest absolute Gasteiger partial charge is 0.416 e. The number of halogens is 3. The minimum absolute atomic E-state index is 0.0534. The maximum atomic E-state index is 12.7. The Balaban J connectivity index is 1.64. The number of alkyl halides is 3. The molecule has 1 N–H and O–H groups in total. The molecule has 0 atom stereocenters. The number of ether oxygens (including phenoxy) is 1. The lowest BCUT2D eigenvalue weighted by molar-refractivity contribution is -0.137. The zero-order valence-corrected chi connectivity index (χ0v) is 13.8. The summed E-state index contributed by atoms with van der Waals surface area (Å²) in [4.78, 5) is 22.5. The van der Waals surface area contributed by atoms with Crippen LogP contribution in [0.25, 0.3) is 0 Å². The van der Waals surface area contributed by atoms with Gasteiger partial charge in [0, 0.05) is 24.7 Å². The van der Waals surface area contributed by atoms with Crippen molar-refractivity contribution >= 4 is 11.7 Å². The molecule has 3 rings (SSSR count). The summed E-state index contributed by atoms with van der Waals surface area (Å²) in [5.74, 6) is 0.134. The van der Waals surface area contributed by atoms with Crippen molar-refractivity contribution in [1.82, 2.24) is 15.3 Å². The predicted octanol–water partition coefficient (Wildman–Crippen LogP) is 2.26. The van der Waals surface area contributed by atoms with Crippen molar-refractivity contribution in [3.05, 3.63) is 53.5 Å². The van der Waals surface area contributed by atoms with Gasteiger partial charge in [0.05, 0.1) is 31.0 Å². The number of nitrogens with zero attached hydrogens (tertiary/aromatic N) is 3. The van der Waals surface area contributed by atoms with Gasteiger partial charge in [-0.15, -0.1) is 0 Å². The second-order valence-electron chi connectivity index (χ2n) is 5.73. The van der Waals surface area contributed by atoms with Gasteiger partial charge in [-0.05, 0) is 18.2 Å². The predicted molar refractivity (Wildman–Crippen MR) is 87.7 cm³/mol. The first-order valence-electron chi connectivity index (χ1n) is 8.02. The van der Waals surface area contributed by atoms with Crippen LogP contribution in [-0.4, -0.2) is 42.2 Å². The third-order valence-corrected chi connectivity index (χ3v) is 3.93. The first-order valence-corrected chi connectivity index (χ1v) is 8.02. The topological polar surface area (TPSA) is 67.4 Å². The molecule has 1 saturated heterocycles. The fraction of sp³-hybridized carbons (Fsp3) is 0.353. The molecule has 1 fully saturated rings. The molecule has 6 nitrogen and oxygen atoms in total. The molecule has 1 aromatic carbocycles. The molecular formula is C17H17F3N4O2. The Kier molecular flexibility index (Phi) is 5.36. The maximum absolute atomic E-state index is 12.7. The Hall–Kier alpha value is -2.68. The van der Waals surface area contributed by atoms with E-state index in [0.29, 0.717) is 32.0 Å². The highest BCUT2D eigenvalue weighted by atomic mass is 19.4. The van der Waals surface area contributed by atoms with Gasteiger partial charge in [0.2, 0.25) is 0 Å². The molecule has 2 aromatic rings. The molecule has 1 aliphatic rings. The van der Waals surface area contributed by atoms with E-state index in [1.165, 1.54) is 18.5 Å². The number of morpholine rings is 1. The number of nitrogens with one attached hydrogen (secondary N) is 1. The van der Waals surface area contributed by atoms with Crippen molar-refractivity contribution in [2.45, 2.75) is 12.7 Å². The van der Waals surface area contributed by atoms with E-state index < -0.39 is 17.6 Å². The van der Waals surface area contributed by atoms with Crippen molar-refractivity contribution in [3.8, 4) is 0 Å². The van der Waals surface area contributed by atoms with Gasteiger partial charge in [-0.1, -0.05) is 6.07 Å². The highest BCUT2D eigenvalue weighted by Gasteiger charge is 2.30. The Morgan fingerprint density at radius 3 is 2.69 bits per heavy atom. The Morgan fingerprint density at radius 1 is 1.19 bits per heavy atom. The lowest BCUT2D eigenvalue weighted by atomic mass is 10.1. The number of amides is 1. The number of rotatable bonds is 4. The quantitative estimate of drug-likeness (QED) is 0.899. The van der Waals surface area contributed by atoms with E-state index >= 15 is 0 Å². The molecular weight excluding hydrogens is 349 g/mol. The highest BCUT2D eigenvalue weighted by Crippen LogP contribution is 2.29. The van der Waals surface area contributed by atoms with Crippen LogP contribution in [0.2, 0.25) is 0 Å². The van der Waals surface area contributed by atoms with Gasteiger partial charge in [0.25, 0.3) is 5.91 Å². The molecule has 9 heteroatoms. The molecule has 0 spiro atoms. The monoisotopic (exact) mass is 366 g/mol. The highest BCUT2D eigenvalue weighted by molar-refractivity contribution is 5.94. The fourth-order valence-electron chi connectivity index (χ4n) is 2.56. The van der Waals surface area contributed by atoms with Crippen molar-refractivity contribution in [2.75, 3.05) is 31.2 Å². The first-order chi connectivity index (χ1) is 12.4. The summed E-state index contributed by atoms with van der Waals surface area (Å²) in [6.45, 7) is 2.76. The molecule has 1 amide bonds. The van der Waals surface area contributed by atoms with Gasteiger partial charge in [-0.25, -0.2) is 9.97 Å². The summed E-state index contributed by atoms with van der Waals surface area (Å²) in [7, 11) is 0. The second-order valence-corrected chi connectivity index (χ2v) is 5.73. The second kappa shape index (κ2) is 7.69. The number of carbonyl (C=O) groups is 1. The summed E-state index contributed by atoms with van der Waals surface area (Å²) in [6.07, 6.45) is -3.09. The molecule has 0 aliphatic carbocycles. The summed E-state index contributed by atoms with van der Waals surface area (Å²) in [6, 6.07) is 6.05. The van der Waals surface area contributed by atoms with Crippen LogP contribution in [0.3, 0.4) is 0 Å². The number of aromatic nitrogens is 2. The molecule has 1 aliphatic heterocycles. The van der Waals surface area contributed by atoms with Crippen molar-refractivity contribution < 1.29 is 22.7 Å².